The Morgan fingerprint density at radius 2 is 1.54 bits per heavy atom. The van der Waals surface area contributed by atoms with Crippen LogP contribution in [0, 0.1) is 13.8 Å². The number of alkyl halides is 3. The number of methoxy groups -OCH3 is 1. The van der Waals surface area contributed by atoms with E-state index in [0.29, 0.717) is 29.2 Å². The Bertz CT molecular complexity index is 2380. The molecular formula is C39H36ClF3N10O6. The number of aromatic nitrogens is 5. The molecule has 1 saturated carbocycles. The molecule has 20 heteroatoms. The van der Waals surface area contributed by atoms with E-state index in [0.717, 1.165) is 29.7 Å². The first-order valence-corrected chi connectivity index (χ1v) is 18.3. The van der Waals surface area contributed by atoms with Gasteiger partial charge in [-0.2, -0.15) is 33.2 Å². The quantitative estimate of drug-likeness (QED) is 0.0577. The maximum absolute atomic E-state index is 13.1. The van der Waals surface area contributed by atoms with Gasteiger partial charge in [0.05, 0.1) is 24.0 Å². The highest BCUT2D eigenvalue weighted by Gasteiger charge is 2.45. The van der Waals surface area contributed by atoms with Gasteiger partial charge in [-0.1, -0.05) is 23.7 Å². The number of rotatable bonds is 14. The fraction of sp³-hybridized carbons (Fsp3) is 0.256. The Hall–Kier alpha value is -6.89. The van der Waals surface area contributed by atoms with Gasteiger partial charge in [0.2, 0.25) is 11.9 Å². The molecule has 1 aliphatic carbocycles. The summed E-state index contributed by atoms with van der Waals surface area (Å²) in [5.74, 6) is -3.88. The molecule has 0 spiro atoms. The van der Waals surface area contributed by atoms with E-state index in [2.05, 4.69) is 46.3 Å². The molecule has 0 aliphatic heterocycles. The predicted molar refractivity (Wildman–Crippen MR) is 210 cm³/mol. The van der Waals surface area contributed by atoms with E-state index in [1.807, 2.05) is 32.0 Å². The Labute approximate surface area is 339 Å². The van der Waals surface area contributed by atoms with Crippen LogP contribution in [0.4, 0.5) is 36.4 Å². The van der Waals surface area contributed by atoms with Crippen LogP contribution in [-0.4, -0.2) is 80.6 Å². The number of esters is 1. The van der Waals surface area contributed by atoms with Crippen LogP contribution >= 0.6 is 11.6 Å². The van der Waals surface area contributed by atoms with Gasteiger partial charge in [0.1, 0.15) is 5.71 Å². The number of carbonyl (C=O) groups excluding carboxylic acids is 4. The van der Waals surface area contributed by atoms with Crippen molar-refractivity contribution in [2.45, 2.75) is 44.8 Å². The number of benzene rings is 3. The number of anilines is 4. The molecule has 306 valence electrons. The second kappa shape index (κ2) is 17.7. The third kappa shape index (κ3) is 11.2. The van der Waals surface area contributed by atoms with E-state index < -0.39 is 48.0 Å². The largest absolute Gasteiger partial charge is 0.465 e. The van der Waals surface area contributed by atoms with Gasteiger partial charge < -0.3 is 30.7 Å². The first-order chi connectivity index (χ1) is 28.1. The molecule has 5 aromatic rings. The molecule has 3 aromatic carbocycles. The van der Waals surface area contributed by atoms with Crippen LogP contribution in [-0.2, 0) is 24.7 Å². The molecule has 0 saturated heterocycles. The number of nitrogens with zero attached hydrogens (tertiary/aromatic N) is 6. The first kappa shape index (κ1) is 41.7. The maximum atomic E-state index is 13.1. The van der Waals surface area contributed by atoms with Gasteiger partial charge in [-0.05, 0) is 99.0 Å². The van der Waals surface area contributed by atoms with Crippen molar-refractivity contribution in [3.63, 3.8) is 0 Å². The summed E-state index contributed by atoms with van der Waals surface area (Å²) in [5.41, 5.74) is 3.30. The minimum absolute atomic E-state index is 0.0397. The molecule has 6 rings (SSSR count). The van der Waals surface area contributed by atoms with E-state index in [-0.39, 0.29) is 36.1 Å². The summed E-state index contributed by atoms with van der Waals surface area (Å²) < 4.78 is 50.3. The summed E-state index contributed by atoms with van der Waals surface area (Å²) >= 11 is 6.03. The fourth-order valence-electron chi connectivity index (χ4n) is 5.75. The second-order valence-corrected chi connectivity index (χ2v) is 13.7. The Morgan fingerprint density at radius 3 is 2.15 bits per heavy atom. The number of amides is 3. The second-order valence-electron chi connectivity index (χ2n) is 13.3. The molecule has 3 amide bonds. The van der Waals surface area contributed by atoms with Crippen LogP contribution in [0.25, 0.3) is 5.69 Å². The van der Waals surface area contributed by atoms with Crippen molar-refractivity contribution in [1.29, 1.82) is 0 Å². The SMILES string of the molecule is COC(=O)C(CCNC(=O)C(=O)Nc1ccc(-n2nc(C)cc2C)cc1)=NC(=O)c1ccc(Nc2nc(NC3(c4ccc(Cl)cc4)CC3)nc(OCC(F)(F)F)n2)cc1. The maximum Gasteiger partial charge on any atom is 0.422 e. The molecular weight excluding hydrogens is 797 g/mol. The summed E-state index contributed by atoms with van der Waals surface area (Å²) in [6.45, 7) is 1.92. The Morgan fingerprint density at radius 1 is 0.881 bits per heavy atom. The van der Waals surface area contributed by atoms with Crippen molar-refractivity contribution in [2.24, 2.45) is 4.99 Å². The number of aryl methyl sites for hydroxylation is 2. The summed E-state index contributed by atoms with van der Waals surface area (Å²) in [6.07, 6.45) is -3.49. The Balaban J connectivity index is 1.07. The topological polar surface area (TPSA) is 204 Å². The fourth-order valence-corrected chi connectivity index (χ4v) is 5.87. The van der Waals surface area contributed by atoms with Gasteiger partial charge in [0.15, 0.2) is 6.61 Å². The molecule has 1 aliphatic rings. The van der Waals surface area contributed by atoms with Crippen LogP contribution in [0.5, 0.6) is 6.01 Å². The van der Waals surface area contributed by atoms with Crippen LogP contribution < -0.4 is 26.0 Å². The van der Waals surface area contributed by atoms with E-state index >= 15 is 0 Å². The lowest BCUT2D eigenvalue weighted by Gasteiger charge is -2.19. The molecule has 16 nitrogen and oxygen atoms in total. The molecule has 1 fully saturated rings. The van der Waals surface area contributed by atoms with Crippen molar-refractivity contribution >= 4 is 64.3 Å². The van der Waals surface area contributed by atoms with E-state index in [1.165, 1.54) is 24.3 Å². The molecule has 0 radical (unpaired) electrons. The van der Waals surface area contributed by atoms with Crippen molar-refractivity contribution in [1.82, 2.24) is 30.0 Å². The molecule has 0 unspecified atom stereocenters. The van der Waals surface area contributed by atoms with Gasteiger partial charge in [0, 0.05) is 40.6 Å². The number of aliphatic imine (C=N–C) groups is 1. The van der Waals surface area contributed by atoms with E-state index in [1.54, 1.807) is 41.1 Å². The summed E-state index contributed by atoms with van der Waals surface area (Å²) in [6, 6.07) is 20.8. The third-order valence-corrected chi connectivity index (χ3v) is 9.01. The van der Waals surface area contributed by atoms with Gasteiger partial charge in [-0.15, -0.1) is 0 Å². The molecule has 2 heterocycles. The summed E-state index contributed by atoms with van der Waals surface area (Å²) in [4.78, 5) is 66.8. The highest BCUT2D eigenvalue weighted by Crippen LogP contribution is 2.48. The number of hydrogen-bond donors (Lipinski definition) is 4. The Kier molecular flexibility index (Phi) is 12.5. The van der Waals surface area contributed by atoms with E-state index in [9.17, 15) is 32.3 Å². The zero-order chi connectivity index (χ0) is 42.3. The van der Waals surface area contributed by atoms with Gasteiger partial charge in [0.25, 0.3) is 5.91 Å². The smallest absolute Gasteiger partial charge is 0.422 e. The van der Waals surface area contributed by atoms with Crippen molar-refractivity contribution < 1.29 is 41.8 Å². The summed E-state index contributed by atoms with van der Waals surface area (Å²) in [7, 11) is 1.10. The first-order valence-electron chi connectivity index (χ1n) is 17.9. The third-order valence-electron chi connectivity index (χ3n) is 8.76. The zero-order valence-electron chi connectivity index (χ0n) is 31.7. The molecule has 0 bridgehead atoms. The lowest BCUT2D eigenvalue weighted by Crippen LogP contribution is -2.37. The molecule has 59 heavy (non-hydrogen) atoms. The monoisotopic (exact) mass is 832 g/mol. The lowest BCUT2D eigenvalue weighted by molar-refractivity contribution is -0.154. The normalized spacial score (nSPS) is 13.2. The lowest BCUT2D eigenvalue weighted by atomic mass is 10.1. The number of nitrogens with one attached hydrogen (secondary N) is 4. The zero-order valence-corrected chi connectivity index (χ0v) is 32.4. The highest BCUT2D eigenvalue weighted by molar-refractivity contribution is 6.40. The number of ether oxygens (including phenoxy) is 2. The van der Waals surface area contributed by atoms with Crippen LogP contribution in [0.15, 0.2) is 83.9 Å². The van der Waals surface area contributed by atoms with Gasteiger partial charge in [-0.3, -0.25) is 14.4 Å². The van der Waals surface area contributed by atoms with Crippen LogP contribution in [0.3, 0.4) is 0 Å². The average Bonchev–Trinajstić information content (AvgIpc) is 3.90. The number of hydrogen-bond acceptors (Lipinski definition) is 12. The van der Waals surface area contributed by atoms with Gasteiger partial charge in [-0.25, -0.2) is 14.5 Å². The van der Waals surface area contributed by atoms with Crippen molar-refractivity contribution in [3.05, 3.63) is 106 Å². The van der Waals surface area contributed by atoms with Gasteiger partial charge >= 0.3 is 30.0 Å². The standard InChI is InChI=1S/C39H36ClF3N10O6/c1-22-20-23(2)53(52-22)29-14-12-27(13-15-29)45-33(56)32(55)44-19-16-30(34(57)58-3)47-31(54)24-4-10-28(11-5-24)46-35-48-36(50-37(49-35)59-21-39(41,42)43)51-38(17-18-38)25-6-8-26(40)9-7-25/h4-15,20H,16-19,21H2,1-3H3,(H,44,55)(H,45,56)(H2,46,48,49,50,51). The predicted octanol–water partition coefficient (Wildman–Crippen LogP) is 6.01. The molecule has 0 atom stereocenters. The van der Waals surface area contributed by atoms with Crippen molar-refractivity contribution in [2.75, 3.05) is 36.2 Å². The molecule has 4 N–H and O–H groups in total. The minimum Gasteiger partial charge on any atom is -0.465 e. The van der Waals surface area contributed by atoms with Crippen LogP contribution in [0.1, 0.15) is 46.6 Å². The minimum atomic E-state index is -4.65. The average molecular weight is 833 g/mol. The molecule has 2 aromatic heterocycles. The summed E-state index contributed by atoms with van der Waals surface area (Å²) in [5, 5.41) is 15.9. The number of carbonyl (C=O) groups is 4. The van der Waals surface area contributed by atoms with E-state index in [4.69, 9.17) is 21.1 Å². The van der Waals surface area contributed by atoms with Crippen molar-refractivity contribution in [3.8, 4) is 11.7 Å². The van der Waals surface area contributed by atoms with Crippen LogP contribution in [0.2, 0.25) is 5.02 Å². The number of halogens is 4. The highest BCUT2D eigenvalue weighted by atomic mass is 35.5.